The molecule has 0 bridgehead atoms. The van der Waals surface area contributed by atoms with Gasteiger partial charge in [-0.2, -0.15) is 5.10 Å². The molecule has 0 saturated heterocycles. The predicted molar refractivity (Wildman–Crippen MR) is 124 cm³/mol. The van der Waals surface area contributed by atoms with E-state index in [1.165, 1.54) is 24.3 Å². The number of aryl methyl sites for hydroxylation is 1. The van der Waals surface area contributed by atoms with E-state index in [-0.39, 0.29) is 16.7 Å². The first-order valence-electron chi connectivity index (χ1n) is 10.9. The van der Waals surface area contributed by atoms with Crippen LogP contribution >= 0.6 is 0 Å². The summed E-state index contributed by atoms with van der Waals surface area (Å²) in [7, 11) is -3.80. The molecular formula is C24H28FN3O4S. The average molecular weight is 474 g/mol. The first kappa shape index (κ1) is 24.6. The molecule has 0 spiro atoms. The number of aromatic nitrogens is 2. The second kappa shape index (κ2) is 11.2. The van der Waals surface area contributed by atoms with Gasteiger partial charge in [0.25, 0.3) is 0 Å². The van der Waals surface area contributed by atoms with Crippen molar-refractivity contribution >= 4 is 16.0 Å². The van der Waals surface area contributed by atoms with Crippen LogP contribution in [-0.2, 0) is 26.0 Å². The number of nitrogens with zero attached hydrogens (tertiary/aromatic N) is 2. The number of carbonyl (C=O) groups excluding carboxylic acids is 1. The smallest absolute Gasteiger partial charge is 0.305 e. The average Bonchev–Trinajstić information content (AvgIpc) is 3.21. The largest absolute Gasteiger partial charge is 0.466 e. The predicted octanol–water partition coefficient (Wildman–Crippen LogP) is 4.38. The highest BCUT2D eigenvalue weighted by Crippen LogP contribution is 2.26. The van der Waals surface area contributed by atoms with E-state index in [4.69, 9.17) is 15.0 Å². The lowest BCUT2D eigenvalue weighted by Crippen LogP contribution is -2.12. The van der Waals surface area contributed by atoms with Crippen LogP contribution in [0.5, 0.6) is 0 Å². The number of hydrogen-bond donors (Lipinski definition) is 1. The molecule has 176 valence electrons. The standard InChI is InChI=1S/C24H28FN3O4S/c1-2-16-32-24(29)7-5-3-4-6-20-17-23(18-8-10-19(25)11-9-18)28(27-20)21-12-14-22(15-13-21)33(26,30)31/h8-15,17H,2-7,16H2,1H3,(H2,26,30,31). The summed E-state index contributed by atoms with van der Waals surface area (Å²) in [6.45, 7) is 2.42. The molecule has 0 amide bonds. The van der Waals surface area contributed by atoms with E-state index in [0.717, 1.165) is 42.6 Å². The van der Waals surface area contributed by atoms with Crippen LogP contribution in [0, 0.1) is 5.82 Å². The Morgan fingerprint density at radius 3 is 2.39 bits per heavy atom. The first-order chi connectivity index (χ1) is 15.8. The summed E-state index contributed by atoms with van der Waals surface area (Å²) < 4.78 is 43.3. The lowest BCUT2D eigenvalue weighted by atomic mass is 10.1. The highest BCUT2D eigenvalue weighted by atomic mass is 32.2. The van der Waals surface area contributed by atoms with Crippen molar-refractivity contribution in [3.8, 4) is 16.9 Å². The quantitative estimate of drug-likeness (QED) is 0.329. The number of nitrogens with two attached hydrogens (primary N) is 1. The van der Waals surface area contributed by atoms with Gasteiger partial charge in [-0.3, -0.25) is 4.79 Å². The van der Waals surface area contributed by atoms with Gasteiger partial charge in [-0.15, -0.1) is 0 Å². The number of ether oxygens (including phenoxy) is 1. The zero-order valence-corrected chi connectivity index (χ0v) is 19.4. The van der Waals surface area contributed by atoms with Crippen LogP contribution in [0.2, 0.25) is 0 Å². The molecule has 3 rings (SSSR count). The van der Waals surface area contributed by atoms with Gasteiger partial charge in [0, 0.05) is 12.0 Å². The number of rotatable bonds is 11. The topological polar surface area (TPSA) is 104 Å². The second-order valence-corrected chi connectivity index (χ2v) is 9.32. The van der Waals surface area contributed by atoms with Gasteiger partial charge in [-0.05, 0) is 80.3 Å². The van der Waals surface area contributed by atoms with E-state index in [1.807, 2.05) is 13.0 Å². The van der Waals surface area contributed by atoms with Crippen molar-refractivity contribution in [3.63, 3.8) is 0 Å². The molecule has 0 fully saturated rings. The number of hydrogen-bond acceptors (Lipinski definition) is 5. The maximum atomic E-state index is 13.4. The number of unbranched alkanes of at least 4 members (excludes halogenated alkanes) is 2. The van der Waals surface area contributed by atoms with Crippen LogP contribution in [0.4, 0.5) is 4.39 Å². The molecule has 0 saturated carbocycles. The minimum absolute atomic E-state index is 0.0134. The van der Waals surface area contributed by atoms with Gasteiger partial charge < -0.3 is 4.74 Å². The molecular weight excluding hydrogens is 445 g/mol. The summed E-state index contributed by atoms with van der Waals surface area (Å²) in [5.74, 6) is -0.498. The Bertz CT molecular complexity index is 1170. The molecule has 0 aliphatic rings. The van der Waals surface area contributed by atoms with E-state index in [2.05, 4.69) is 0 Å². The van der Waals surface area contributed by atoms with Gasteiger partial charge in [0.1, 0.15) is 5.82 Å². The molecule has 0 radical (unpaired) electrons. The molecule has 33 heavy (non-hydrogen) atoms. The normalized spacial score (nSPS) is 11.5. The molecule has 2 aromatic carbocycles. The Morgan fingerprint density at radius 2 is 1.76 bits per heavy atom. The van der Waals surface area contributed by atoms with Crippen LogP contribution in [0.3, 0.4) is 0 Å². The van der Waals surface area contributed by atoms with Crippen molar-refractivity contribution in [1.29, 1.82) is 0 Å². The number of esters is 1. The van der Waals surface area contributed by atoms with Gasteiger partial charge in [0.15, 0.2) is 0 Å². The third kappa shape index (κ3) is 6.97. The van der Waals surface area contributed by atoms with Gasteiger partial charge in [0.2, 0.25) is 10.0 Å². The molecule has 0 unspecified atom stereocenters. The van der Waals surface area contributed by atoms with Crippen molar-refractivity contribution in [2.75, 3.05) is 6.61 Å². The molecule has 9 heteroatoms. The fourth-order valence-corrected chi connectivity index (χ4v) is 3.91. The van der Waals surface area contributed by atoms with Gasteiger partial charge >= 0.3 is 5.97 Å². The van der Waals surface area contributed by atoms with Crippen molar-refractivity contribution in [1.82, 2.24) is 9.78 Å². The van der Waals surface area contributed by atoms with Gasteiger partial charge in [-0.25, -0.2) is 22.6 Å². The summed E-state index contributed by atoms with van der Waals surface area (Å²) in [5.41, 5.74) is 3.05. The monoisotopic (exact) mass is 473 g/mol. The molecule has 1 aromatic heterocycles. The van der Waals surface area contributed by atoms with Crippen LogP contribution in [0.1, 0.15) is 44.7 Å². The van der Waals surface area contributed by atoms with E-state index in [0.29, 0.717) is 25.1 Å². The Kier molecular flexibility index (Phi) is 8.35. The highest BCUT2D eigenvalue weighted by Gasteiger charge is 2.14. The number of sulfonamides is 1. The van der Waals surface area contributed by atoms with Crippen LogP contribution in [0.25, 0.3) is 16.9 Å². The molecule has 3 aromatic rings. The third-order valence-corrected chi connectivity index (χ3v) is 6.02. The summed E-state index contributed by atoms with van der Waals surface area (Å²) in [4.78, 5) is 11.6. The summed E-state index contributed by atoms with van der Waals surface area (Å²) in [5, 5.41) is 9.89. The second-order valence-electron chi connectivity index (χ2n) is 7.76. The summed E-state index contributed by atoms with van der Waals surface area (Å²) >= 11 is 0. The number of halogens is 1. The molecule has 2 N–H and O–H groups in total. The zero-order valence-electron chi connectivity index (χ0n) is 18.5. The number of carbonyl (C=O) groups is 1. The molecule has 0 aliphatic carbocycles. The fourth-order valence-electron chi connectivity index (χ4n) is 3.39. The summed E-state index contributed by atoms with van der Waals surface area (Å²) in [6, 6.07) is 14.2. The van der Waals surface area contributed by atoms with Crippen LogP contribution < -0.4 is 5.14 Å². The zero-order chi connectivity index (χ0) is 23.8. The Morgan fingerprint density at radius 1 is 1.06 bits per heavy atom. The van der Waals surface area contributed by atoms with Crippen LogP contribution in [0.15, 0.2) is 59.5 Å². The maximum absolute atomic E-state index is 13.4. The number of primary sulfonamides is 1. The van der Waals surface area contributed by atoms with Crippen molar-refractivity contribution in [2.45, 2.75) is 50.3 Å². The van der Waals surface area contributed by atoms with E-state index < -0.39 is 10.0 Å². The lowest BCUT2D eigenvalue weighted by molar-refractivity contribution is -0.143. The number of benzene rings is 2. The molecule has 1 heterocycles. The van der Waals surface area contributed by atoms with E-state index in [9.17, 15) is 17.6 Å². The van der Waals surface area contributed by atoms with Crippen molar-refractivity contribution in [3.05, 3.63) is 66.1 Å². The minimum atomic E-state index is -3.80. The summed E-state index contributed by atoms with van der Waals surface area (Å²) in [6.07, 6.45) is 4.40. The van der Waals surface area contributed by atoms with Crippen LogP contribution in [-0.4, -0.2) is 30.8 Å². The van der Waals surface area contributed by atoms with Crippen molar-refractivity contribution in [2.24, 2.45) is 5.14 Å². The Labute approximate surface area is 193 Å². The van der Waals surface area contributed by atoms with Gasteiger partial charge in [0.05, 0.1) is 28.6 Å². The van der Waals surface area contributed by atoms with E-state index in [1.54, 1.807) is 28.9 Å². The fraction of sp³-hybridized carbons (Fsp3) is 0.333. The Hall–Kier alpha value is -3.04. The first-order valence-corrected chi connectivity index (χ1v) is 12.5. The van der Waals surface area contributed by atoms with E-state index >= 15 is 0 Å². The Balaban J connectivity index is 1.75. The highest BCUT2D eigenvalue weighted by molar-refractivity contribution is 7.89. The maximum Gasteiger partial charge on any atom is 0.305 e. The van der Waals surface area contributed by atoms with Gasteiger partial charge in [-0.1, -0.05) is 13.3 Å². The molecule has 0 aliphatic heterocycles. The molecule has 7 nitrogen and oxygen atoms in total. The lowest BCUT2D eigenvalue weighted by Gasteiger charge is -2.08. The minimum Gasteiger partial charge on any atom is -0.466 e. The third-order valence-electron chi connectivity index (χ3n) is 5.09. The molecule has 0 atom stereocenters. The SMILES string of the molecule is CCCOC(=O)CCCCCc1cc(-c2ccc(F)cc2)n(-c2ccc(S(N)(=O)=O)cc2)n1. The van der Waals surface area contributed by atoms with Crippen molar-refractivity contribution < 1.29 is 22.3 Å².